The maximum Gasteiger partial charge on any atom is 0.331 e. The summed E-state index contributed by atoms with van der Waals surface area (Å²) in [7, 11) is 3.03. The van der Waals surface area contributed by atoms with E-state index in [-0.39, 0.29) is 5.69 Å². The van der Waals surface area contributed by atoms with Gasteiger partial charge in [-0.15, -0.1) is 0 Å². The first-order valence-corrected chi connectivity index (χ1v) is 8.45. The van der Waals surface area contributed by atoms with Gasteiger partial charge in [-0.1, -0.05) is 6.07 Å². The number of esters is 1. The van der Waals surface area contributed by atoms with Crippen LogP contribution in [0.5, 0.6) is 11.5 Å². The van der Waals surface area contributed by atoms with E-state index in [0.29, 0.717) is 28.3 Å². The van der Waals surface area contributed by atoms with E-state index >= 15 is 0 Å². The monoisotopic (exact) mass is 400 g/mol. The Kier molecular flexibility index (Phi) is 7.30. The molecule has 2 aromatic carbocycles. The van der Waals surface area contributed by atoms with Crippen molar-refractivity contribution in [2.75, 3.05) is 26.1 Å². The Morgan fingerprint density at radius 1 is 1.10 bits per heavy atom. The molecule has 0 saturated heterocycles. The highest BCUT2D eigenvalue weighted by Crippen LogP contribution is 2.28. The summed E-state index contributed by atoms with van der Waals surface area (Å²) in [4.78, 5) is 34.0. The molecule has 0 aliphatic rings. The lowest BCUT2D eigenvalue weighted by Gasteiger charge is -2.08. The maximum absolute atomic E-state index is 11.9. The van der Waals surface area contributed by atoms with Gasteiger partial charge in [0.2, 0.25) is 0 Å². The first-order valence-electron chi connectivity index (χ1n) is 8.45. The number of carbonyl (C=O) groups excluding carboxylic acids is 2. The van der Waals surface area contributed by atoms with Gasteiger partial charge in [0.25, 0.3) is 11.6 Å². The minimum Gasteiger partial charge on any atom is -0.493 e. The molecule has 0 aliphatic heterocycles. The molecule has 0 fully saturated rings. The second kappa shape index (κ2) is 9.88. The molecular weight excluding hydrogens is 380 g/mol. The van der Waals surface area contributed by atoms with E-state index in [0.717, 1.165) is 0 Å². The normalized spacial score (nSPS) is 10.4. The molecule has 2 aromatic rings. The van der Waals surface area contributed by atoms with E-state index in [9.17, 15) is 19.7 Å². The quantitative estimate of drug-likeness (QED) is 0.313. The molecule has 0 saturated carbocycles. The van der Waals surface area contributed by atoms with Crippen LogP contribution in [0.15, 0.2) is 42.5 Å². The maximum atomic E-state index is 11.9. The Balaban J connectivity index is 1.89. The molecule has 0 unspecified atom stereocenters. The number of nitro benzene ring substituents is 1. The zero-order valence-electron chi connectivity index (χ0n) is 16.1. The van der Waals surface area contributed by atoms with E-state index in [1.165, 1.54) is 44.6 Å². The molecule has 0 heterocycles. The summed E-state index contributed by atoms with van der Waals surface area (Å²) in [5, 5.41) is 13.3. The van der Waals surface area contributed by atoms with Crippen LogP contribution < -0.4 is 14.8 Å². The number of benzene rings is 2. The lowest BCUT2D eigenvalue weighted by Crippen LogP contribution is -2.20. The van der Waals surface area contributed by atoms with Crippen LogP contribution >= 0.6 is 0 Å². The van der Waals surface area contributed by atoms with Crippen LogP contribution in [0.25, 0.3) is 6.08 Å². The first kappa shape index (κ1) is 21.4. The van der Waals surface area contributed by atoms with Crippen molar-refractivity contribution in [3.63, 3.8) is 0 Å². The molecule has 1 amide bonds. The van der Waals surface area contributed by atoms with Gasteiger partial charge in [-0.25, -0.2) is 4.79 Å². The van der Waals surface area contributed by atoms with E-state index in [4.69, 9.17) is 14.2 Å². The molecule has 29 heavy (non-hydrogen) atoms. The smallest absolute Gasteiger partial charge is 0.331 e. The molecule has 0 aromatic heterocycles. The zero-order valence-corrected chi connectivity index (χ0v) is 16.1. The van der Waals surface area contributed by atoms with E-state index in [2.05, 4.69) is 5.32 Å². The van der Waals surface area contributed by atoms with E-state index < -0.39 is 23.4 Å². The minimum atomic E-state index is -0.699. The molecule has 0 atom stereocenters. The summed E-state index contributed by atoms with van der Waals surface area (Å²) < 4.78 is 15.2. The van der Waals surface area contributed by atoms with Crippen molar-refractivity contribution in [2.45, 2.75) is 6.92 Å². The SMILES string of the molecule is COc1ccc(/C=C/C(=O)OCC(=O)Nc2ccc([N+](=O)[O-])cc2C)cc1OC. The Morgan fingerprint density at radius 3 is 2.45 bits per heavy atom. The van der Waals surface area contributed by atoms with Crippen molar-refractivity contribution in [3.05, 3.63) is 63.7 Å². The number of carbonyl (C=O) groups is 2. The number of non-ortho nitro benzene ring substituents is 1. The minimum absolute atomic E-state index is 0.0766. The molecule has 0 radical (unpaired) electrons. The molecule has 9 heteroatoms. The third kappa shape index (κ3) is 6.06. The van der Waals surface area contributed by atoms with Gasteiger partial charge < -0.3 is 19.5 Å². The predicted octanol–water partition coefficient (Wildman–Crippen LogP) is 3.12. The van der Waals surface area contributed by atoms with Crippen LogP contribution in [0, 0.1) is 17.0 Å². The number of anilines is 1. The standard InChI is InChI=1S/C20H20N2O7/c1-13-10-15(22(25)26)6-7-16(13)21-19(23)12-29-20(24)9-5-14-4-8-17(27-2)18(11-14)28-3/h4-11H,12H2,1-3H3,(H,21,23)/b9-5+. The molecular formula is C20H20N2O7. The number of amides is 1. The number of nitrogens with one attached hydrogen (secondary N) is 1. The molecule has 0 spiro atoms. The number of hydrogen-bond donors (Lipinski definition) is 1. The zero-order chi connectivity index (χ0) is 21.4. The highest BCUT2D eigenvalue weighted by Gasteiger charge is 2.11. The second-order valence-corrected chi connectivity index (χ2v) is 5.86. The summed E-state index contributed by atoms with van der Waals surface area (Å²) in [5.41, 5.74) is 1.53. The Labute approximate surface area is 167 Å². The molecule has 152 valence electrons. The number of methoxy groups -OCH3 is 2. The second-order valence-electron chi connectivity index (χ2n) is 5.86. The summed E-state index contributed by atoms with van der Waals surface area (Å²) in [6.45, 7) is 1.13. The highest BCUT2D eigenvalue weighted by atomic mass is 16.6. The number of nitro groups is 1. The fourth-order valence-corrected chi connectivity index (χ4v) is 2.39. The third-order valence-electron chi connectivity index (χ3n) is 3.86. The Morgan fingerprint density at radius 2 is 1.83 bits per heavy atom. The summed E-state index contributed by atoms with van der Waals surface area (Å²) >= 11 is 0. The molecule has 0 aliphatic carbocycles. The van der Waals surface area contributed by atoms with Gasteiger partial charge in [-0.3, -0.25) is 14.9 Å². The predicted molar refractivity (Wildman–Crippen MR) is 106 cm³/mol. The number of aryl methyl sites for hydroxylation is 1. The van der Waals surface area contributed by atoms with Gasteiger partial charge in [-0.05, 0) is 42.3 Å². The first-order chi connectivity index (χ1) is 13.8. The molecule has 1 N–H and O–H groups in total. The lowest BCUT2D eigenvalue weighted by atomic mass is 10.2. The Bertz CT molecular complexity index is 954. The molecule has 2 rings (SSSR count). The van der Waals surface area contributed by atoms with Gasteiger partial charge in [0.05, 0.1) is 19.1 Å². The fraction of sp³-hybridized carbons (Fsp3) is 0.200. The van der Waals surface area contributed by atoms with Gasteiger partial charge in [-0.2, -0.15) is 0 Å². The molecule has 9 nitrogen and oxygen atoms in total. The van der Waals surface area contributed by atoms with Crippen LogP contribution in [-0.4, -0.2) is 37.6 Å². The van der Waals surface area contributed by atoms with Gasteiger partial charge in [0, 0.05) is 23.9 Å². The van der Waals surface area contributed by atoms with Crippen LogP contribution in [0.1, 0.15) is 11.1 Å². The lowest BCUT2D eigenvalue weighted by molar-refractivity contribution is -0.384. The fourth-order valence-electron chi connectivity index (χ4n) is 2.39. The summed E-state index contributed by atoms with van der Waals surface area (Å²) in [6.07, 6.45) is 2.70. The number of rotatable bonds is 8. The third-order valence-corrected chi connectivity index (χ3v) is 3.86. The number of hydrogen-bond acceptors (Lipinski definition) is 7. The van der Waals surface area contributed by atoms with Crippen molar-refractivity contribution in [3.8, 4) is 11.5 Å². The van der Waals surface area contributed by atoms with Gasteiger partial charge >= 0.3 is 5.97 Å². The summed E-state index contributed by atoms with van der Waals surface area (Å²) in [5.74, 6) is -0.184. The Hall–Kier alpha value is -3.88. The van der Waals surface area contributed by atoms with Crippen molar-refractivity contribution in [1.82, 2.24) is 0 Å². The van der Waals surface area contributed by atoms with Crippen molar-refractivity contribution < 1.29 is 28.7 Å². The number of ether oxygens (including phenoxy) is 3. The van der Waals surface area contributed by atoms with Crippen LogP contribution in [-0.2, 0) is 14.3 Å². The topological polar surface area (TPSA) is 117 Å². The van der Waals surface area contributed by atoms with Crippen LogP contribution in [0.4, 0.5) is 11.4 Å². The molecule has 0 bridgehead atoms. The van der Waals surface area contributed by atoms with Crippen LogP contribution in [0.2, 0.25) is 0 Å². The largest absolute Gasteiger partial charge is 0.493 e. The highest BCUT2D eigenvalue weighted by molar-refractivity contribution is 5.95. The van der Waals surface area contributed by atoms with Crippen LogP contribution in [0.3, 0.4) is 0 Å². The average molecular weight is 400 g/mol. The average Bonchev–Trinajstić information content (AvgIpc) is 2.71. The van der Waals surface area contributed by atoms with Crippen molar-refractivity contribution in [1.29, 1.82) is 0 Å². The van der Waals surface area contributed by atoms with E-state index in [1.54, 1.807) is 25.1 Å². The summed E-state index contributed by atoms with van der Waals surface area (Å²) in [6, 6.07) is 9.16. The van der Waals surface area contributed by atoms with E-state index in [1.807, 2.05) is 0 Å². The van der Waals surface area contributed by atoms with Gasteiger partial charge in [0.1, 0.15) is 0 Å². The van der Waals surface area contributed by atoms with Gasteiger partial charge in [0.15, 0.2) is 18.1 Å². The number of nitrogens with zero attached hydrogens (tertiary/aromatic N) is 1. The van der Waals surface area contributed by atoms with Crippen molar-refractivity contribution >= 4 is 29.3 Å². The van der Waals surface area contributed by atoms with Crippen molar-refractivity contribution in [2.24, 2.45) is 0 Å².